The van der Waals surface area contributed by atoms with E-state index in [1.54, 1.807) is 0 Å². The molecular formula is C25H29BrN2. The number of fused-ring (bicyclic) bond motifs is 1. The fourth-order valence-electron chi connectivity index (χ4n) is 4.71. The largest absolute Gasteiger partial charge is 0.364 e. The number of anilines is 1. The second-order valence-electron chi connectivity index (χ2n) is 8.83. The molecule has 0 radical (unpaired) electrons. The fourth-order valence-corrected chi connectivity index (χ4v) is 4.98. The number of benzene rings is 2. The monoisotopic (exact) mass is 436 g/mol. The summed E-state index contributed by atoms with van der Waals surface area (Å²) >= 11 is 3.46. The second kappa shape index (κ2) is 7.76. The number of halogens is 1. The highest BCUT2D eigenvalue weighted by Gasteiger charge is 2.37. The van der Waals surface area contributed by atoms with Gasteiger partial charge in [-0.25, -0.2) is 0 Å². The molecule has 28 heavy (non-hydrogen) atoms. The van der Waals surface area contributed by atoms with E-state index in [2.05, 4.69) is 80.6 Å². The highest BCUT2D eigenvalue weighted by atomic mass is 79.9. The summed E-state index contributed by atoms with van der Waals surface area (Å²) in [5.74, 6) is 0.492. The van der Waals surface area contributed by atoms with Crippen LogP contribution in [0.3, 0.4) is 0 Å². The molecule has 3 heteroatoms. The normalized spacial score (nSPS) is 18.8. The lowest BCUT2D eigenvalue weighted by Crippen LogP contribution is -2.51. The van der Waals surface area contributed by atoms with Gasteiger partial charge in [0.2, 0.25) is 0 Å². The van der Waals surface area contributed by atoms with Crippen molar-refractivity contribution in [2.75, 3.05) is 4.90 Å². The third-order valence-electron chi connectivity index (χ3n) is 5.76. The van der Waals surface area contributed by atoms with Gasteiger partial charge in [-0.3, -0.25) is 0 Å². The number of rotatable bonds is 3. The third-order valence-corrected chi connectivity index (χ3v) is 6.28. The van der Waals surface area contributed by atoms with Gasteiger partial charge < -0.3 is 4.90 Å². The summed E-state index contributed by atoms with van der Waals surface area (Å²) in [5, 5.41) is 9.74. The molecular weight excluding hydrogens is 408 g/mol. The van der Waals surface area contributed by atoms with E-state index in [1.807, 2.05) is 30.3 Å². The zero-order chi connectivity index (χ0) is 20.6. The molecule has 1 aliphatic rings. The molecule has 0 bridgehead atoms. The van der Waals surface area contributed by atoms with E-state index >= 15 is 0 Å². The van der Waals surface area contributed by atoms with Gasteiger partial charge in [-0.15, -0.1) is 0 Å². The third kappa shape index (κ3) is 3.89. The van der Waals surface area contributed by atoms with Crippen molar-refractivity contribution in [2.24, 2.45) is 0 Å². The predicted octanol–water partition coefficient (Wildman–Crippen LogP) is 7.32. The maximum atomic E-state index is 9.74. The SMILES string of the molecule is Cc1cc2c(cc1/C=C(/C#N)c1ccc(Br)cc1)[C@@H](C)CC(C)(C)N2C(C)C. The van der Waals surface area contributed by atoms with Crippen LogP contribution in [-0.4, -0.2) is 11.6 Å². The van der Waals surface area contributed by atoms with Crippen molar-refractivity contribution in [3.63, 3.8) is 0 Å². The van der Waals surface area contributed by atoms with Crippen LogP contribution in [0.5, 0.6) is 0 Å². The molecule has 1 atom stereocenters. The molecule has 2 aromatic rings. The first-order valence-corrected chi connectivity index (χ1v) is 10.7. The van der Waals surface area contributed by atoms with Crippen molar-refractivity contribution in [1.29, 1.82) is 5.26 Å². The highest BCUT2D eigenvalue weighted by molar-refractivity contribution is 9.10. The van der Waals surface area contributed by atoms with Crippen LogP contribution in [-0.2, 0) is 0 Å². The molecule has 0 unspecified atom stereocenters. The van der Waals surface area contributed by atoms with E-state index in [1.165, 1.54) is 16.8 Å². The molecule has 0 aliphatic carbocycles. The van der Waals surface area contributed by atoms with Crippen molar-refractivity contribution < 1.29 is 0 Å². The van der Waals surface area contributed by atoms with Crippen LogP contribution in [0.2, 0.25) is 0 Å². The van der Waals surface area contributed by atoms with Crippen LogP contribution in [0.4, 0.5) is 5.69 Å². The first-order chi connectivity index (χ1) is 13.1. The fraction of sp³-hybridized carbons (Fsp3) is 0.400. The molecule has 0 saturated heterocycles. The molecule has 0 amide bonds. The molecule has 1 aliphatic heterocycles. The lowest BCUT2D eigenvalue weighted by atomic mass is 9.78. The summed E-state index contributed by atoms with van der Waals surface area (Å²) in [7, 11) is 0. The quantitative estimate of drug-likeness (QED) is 0.372. The van der Waals surface area contributed by atoms with E-state index < -0.39 is 0 Å². The summed E-state index contributed by atoms with van der Waals surface area (Å²) in [6.45, 7) is 13.7. The maximum absolute atomic E-state index is 9.74. The highest BCUT2D eigenvalue weighted by Crippen LogP contribution is 2.45. The summed E-state index contributed by atoms with van der Waals surface area (Å²) in [5.41, 5.74) is 6.85. The van der Waals surface area contributed by atoms with Crippen LogP contribution in [0, 0.1) is 18.3 Å². The van der Waals surface area contributed by atoms with Gasteiger partial charge in [0.1, 0.15) is 0 Å². The van der Waals surface area contributed by atoms with Crippen molar-refractivity contribution in [3.05, 3.63) is 63.1 Å². The van der Waals surface area contributed by atoms with E-state index in [4.69, 9.17) is 0 Å². The smallest absolute Gasteiger partial charge is 0.0998 e. The summed E-state index contributed by atoms with van der Waals surface area (Å²) in [6, 6.07) is 15.4. The average Bonchev–Trinajstić information content (AvgIpc) is 2.60. The maximum Gasteiger partial charge on any atom is 0.0998 e. The van der Waals surface area contributed by atoms with Gasteiger partial charge in [0.05, 0.1) is 11.6 Å². The van der Waals surface area contributed by atoms with Crippen molar-refractivity contribution in [2.45, 2.75) is 65.5 Å². The number of aryl methyl sites for hydroxylation is 1. The summed E-state index contributed by atoms with van der Waals surface area (Å²) in [4.78, 5) is 2.56. The Bertz CT molecular complexity index is 946. The van der Waals surface area contributed by atoms with Crippen LogP contribution in [0.15, 0.2) is 40.9 Å². The molecule has 3 rings (SSSR count). The minimum Gasteiger partial charge on any atom is -0.364 e. The Morgan fingerprint density at radius 1 is 1.25 bits per heavy atom. The molecule has 2 aromatic carbocycles. The molecule has 0 spiro atoms. The van der Waals surface area contributed by atoms with E-state index in [-0.39, 0.29) is 5.54 Å². The van der Waals surface area contributed by atoms with E-state index in [0.717, 1.165) is 22.0 Å². The van der Waals surface area contributed by atoms with Crippen LogP contribution >= 0.6 is 15.9 Å². The molecule has 0 N–H and O–H groups in total. The van der Waals surface area contributed by atoms with Gasteiger partial charge >= 0.3 is 0 Å². The van der Waals surface area contributed by atoms with Gasteiger partial charge in [-0.2, -0.15) is 5.26 Å². The molecule has 2 nitrogen and oxygen atoms in total. The standard InChI is InChI=1S/C25H29BrN2/c1-16(2)28-24-11-17(3)20(13-23(24)18(4)14-25(28,5)6)12-21(15-27)19-7-9-22(26)10-8-19/h7-13,16,18H,14H2,1-6H3/b21-12-/t18-/m0/s1. The molecule has 0 saturated carbocycles. The minimum absolute atomic E-state index is 0.139. The number of hydrogen-bond donors (Lipinski definition) is 0. The van der Waals surface area contributed by atoms with Gasteiger partial charge in [0, 0.05) is 21.7 Å². The van der Waals surface area contributed by atoms with Crippen LogP contribution < -0.4 is 4.90 Å². The first-order valence-electron chi connectivity index (χ1n) is 9.95. The van der Waals surface area contributed by atoms with Crippen molar-refractivity contribution in [3.8, 4) is 6.07 Å². The summed E-state index contributed by atoms with van der Waals surface area (Å²) in [6.07, 6.45) is 3.16. The van der Waals surface area contributed by atoms with Crippen LogP contribution in [0.25, 0.3) is 11.6 Å². The topological polar surface area (TPSA) is 27.0 Å². The van der Waals surface area contributed by atoms with Gasteiger partial charge in [0.25, 0.3) is 0 Å². The van der Waals surface area contributed by atoms with Gasteiger partial charge in [-0.1, -0.05) is 35.0 Å². The minimum atomic E-state index is 0.139. The Labute approximate surface area is 178 Å². The lowest BCUT2D eigenvalue weighted by Gasteiger charge is -2.50. The molecule has 0 fully saturated rings. The molecule has 146 valence electrons. The number of allylic oxidation sites excluding steroid dienone is 1. The Morgan fingerprint density at radius 2 is 1.89 bits per heavy atom. The Morgan fingerprint density at radius 3 is 2.46 bits per heavy atom. The van der Waals surface area contributed by atoms with Gasteiger partial charge in [-0.05, 0) is 99.6 Å². The lowest BCUT2D eigenvalue weighted by molar-refractivity contribution is 0.356. The van der Waals surface area contributed by atoms with E-state index in [9.17, 15) is 5.26 Å². The zero-order valence-corrected chi connectivity index (χ0v) is 19.3. The molecule has 0 aromatic heterocycles. The number of nitrogens with zero attached hydrogens (tertiary/aromatic N) is 2. The summed E-state index contributed by atoms with van der Waals surface area (Å²) < 4.78 is 1.02. The zero-order valence-electron chi connectivity index (χ0n) is 17.7. The average molecular weight is 437 g/mol. The van der Waals surface area contributed by atoms with Crippen LogP contribution in [0.1, 0.15) is 69.2 Å². The Balaban J connectivity index is 2.12. The number of nitriles is 1. The Kier molecular flexibility index (Phi) is 5.73. The van der Waals surface area contributed by atoms with E-state index in [0.29, 0.717) is 17.5 Å². The Hall–Kier alpha value is -2.05. The second-order valence-corrected chi connectivity index (χ2v) is 9.74. The number of hydrogen-bond acceptors (Lipinski definition) is 2. The first kappa shape index (κ1) is 20.7. The van der Waals surface area contributed by atoms with Gasteiger partial charge in [0.15, 0.2) is 0 Å². The van der Waals surface area contributed by atoms with Crippen molar-refractivity contribution in [1.82, 2.24) is 0 Å². The predicted molar refractivity (Wildman–Crippen MR) is 124 cm³/mol. The van der Waals surface area contributed by atoms with Crippen molar-refractivity contribution >= 4 is 33.3 Å². The molecule has 1 heterocycles.